The van der Waals surface area contributed by atoms with Gasteiger partial charge in [0.05, 0.1) is 0 Å². The van der Waals surface area contributed by atoms with Gasteiger partial charge in [-0.2, -0.15) is 0 Å². The highest BCUT2D eigenvalue weighted by molar-refractivity contribution is 5.25. The van der Waals surface area contributed by atoms with Crippen LogP contribution in [0.1, 0.15) is 244 Å². The van der Waals surface area contributed by atoms with Crippen LogP contribution in [-0.4, -0.2) is 0 Å². The van der Waals surface area contributed by atoms with E-state index in [9.17, 15) is 0 Å². The molecule has 5 fully saturated rings. The summed E-state index contributed by atoms with van der Waals surface area (Å²) >= 11 is 0. The Morgan fingerprint density at radius 1 is 0.393 bits per heavy atom. The van der Waals surface area contributed by atoms with Crippen molar-refractivity contribution in [3.05, 3.63) is 106 Å². The van der Waals surface area contributed by atoms with Crippen LogP contribution in [0.5, 0.6) is 0 Å². The van der Waals surface area contributed by atoms with Crippen molar-refractivity contribution in [2.24, 2.45) is 46.3 Å². The van der Waals surface area contributed by atoms with Crippen LogP contribution >= 0.6 is 0 Å². The molecule has 346 valence electrons. The molecule has 0 heterocycles. The predicted octanol–water partition coefficient (Wildman–Crippen LogP) is 20.0. The van der Waals surface area contributed by atoms with Crippen molar-refractivity contribution >= 4 is 0 Å². The molecule has 61 heavy (non-hydrogen) atoms. The van der Waals surface area contributed by atoms with E-state index in [0.717, 1.165) is 46.3 Å². The Bertz CT molecular complexity index is 1370. The zero-order valence-electron chi connectivity index (χ0n) is 43.7. The Balaban J connectivity index is 0.000000253. The van der Waals surface area contributed by atoms with E-state index < -0.39 is 0 Å². The molecule has 0 radical (unpaired) electrons. The first-order valence-electron chi connectivity index (χ1n) is 25.9. The number of rotatable bonds is 6. The Morgan fingerprint density at radius 3 is 0.934 bits per heavy atom. The van der Waals surface area contributed by atoms with Gasteiger partial charge in [-0.1, -0.05) is 231 Å². The maximum Gasteiger partial charge on any atom is -0.0219 e. The fourth-order valence-electron chi connectivity index (χ4n) is 9.88. The summed E-state index contributed by atoms with van der Waals surface area (Å²) in [6, 6.07) is 26.1. The third kappa shape index (κ3) is 20.8. The predicted molar refractivity (Wildman–Crippen MR) is 276 cm³/mol. The van der Waals surface area contributed by atoms with Gasteiger partial charge in [0.25, 0.3) is 0 Å². The van der Waals surface area contributed by atoms with Crippen molar-refractivity contribution in [3.8, 4) is 0 Å². The third-order valence-corrected chi connectivity index (χ3v) is 15.7. The van der Waals surface area contributed by atoms with Gasteiger partial charge >= 0.3 is 0 Å². The molecule has 0 saturated heterocycles. The van der Waals surface area contributed by atoms with E-state index in [-0.39, 0.29) is 0 Å². The minimum absolute atomic E-state index is 0.653. The van der Waals surface area contributed by atoms with Crippen LogP contribution in [0.25, 0.3) is 0 Å². The molecule has 0 nitrogen and oxygen atoms in total. The summed E-state index contributed by atoms with van der Waals surface area (Å²) in [5.74, 6) is 7.84. The van der Waals surface area contributed by atoms with Crippen LogP contribution in [0.4, 0.5) is 0 Å². The standard InChI is InChI=1S/C12H22.C10H20.3C10H14.C9H18/c1-10(2)12-7-4-11(3,5-8-12)6-9-12;4*1-8(2)10-6-4-9(3)5-7-10;1-8(2)9-6-4-3-5-7-9/h10H,4-9H2,1-3H3;8-10H,4-7H2,1-3H3;3*4-8H,1-3H3;8-9H,3-7H2,1-2H3. The zero-order chi connectivity index (χ0) is 45.8. The van der Waals surface area contributed by atoms with Crippen LogP contribution < -0.4 is 0 Å². The summed E-state index contributed by atoms with van der Waals surface area (Å²) in [4.78, 5) is 0. The molecule has 5 saturated carbocycles. The van der Waals surface area contributed by atoms with E-state index in [2.05, 4.69) is 190 Å². The molecular weight excluding hydrogens is 733 g/mol. The summed E-state index contributed by atoms with van der Waals surface area (Å²) in [5.41, 5.74) is 9.79. The van der Waals surface area contributed by atoms with Crippen LogP contribution in [0.2, 0.25) is 0 Å². The van der Waals surface area contributed by atoms with Gasteiger partial charge in [-0.3, -0.25) is 0 Å². The van der Waals surface area contributed by atoms with Crippen molar-refractivity contribution < 1.29 is 0 Å². The highest BCUT2D eigenvalue weighted by atomic mass is 14.5. The lowest BCUT2D eigenvalue weighted by Crippen LogP contribution is -2.42. The first-order chi connectivity index (χ1) is 28.7. The molecule has 5 aliphatic carbocycles. The molecule has 8 rings (SSSR count). The average Bonchev–Trinajstić information content (AvgIpc) is 3.23. The normalized spacial score (nSPS) is 23.5. The molecule has 3 aromatic carbocycles. The van der Waals surface area contributed by atoms with Gasteiger partial charge in [-0.25, -0.2) is 0 Å². The number of hydrogen-bond donors (Lipinski definition) is 0. The molecule has 0 heteroatoms. The molecule has 0 aromatic heterocycles. The summed E-state index contributed by atoms with van der Waals surface area (Å²) in [6.07, 6.45) is 22.4. The smallest absolute Gasteiger partial charge is 0.0219 e. The van der Waals surface area contributed by atoms with Gasteiger partial charge in [0.1, 0.15) is 0 Å². The van der Waals surface area contributed by atoms with E-state index in [4.69, 9.17) is 0 Å². The largest absolute Gasteiger partial charge is 0.0625 e. The highest BCUT2D eigenvalue weighted by Crippen LogP contribution is 2.59. The lowest BCUT2D eigenvalue weighted by atomic mass is 9.51. The van der Waals surface area contributed by atoms with Crippen LogP contribution in [0.15, 0.2) is 72.8 Å². The average molecular weight is 835 g/mol. The third-order valence-electron chi connectivity index (χ3n) is 15.7. The molecule has 0 amide bonds. The number of fused-ring (bicyclic) bond motifs is 3. The van der Waals surface area contributed by atoms with Crippen LogP contribution in [0.3, 0.4) is 0 Å². The van der Waals surface area contributed by atoms with E-state index in [1.165, 1.54) is 130 Å². The molecule has 2 bridgehead atoms. The van der Waals surface area contributed by atoms with Crippen LogP contribution in [0, 0.1) is 67.1 Å². The summed E-state index contributed by atoms with van der Waals surface area (Å²) in [6.45, 7) is 38.8. The van der Waals surface area contributed by atoms with Gasteiger partial charge in [0, 0.05) is 0 Å². The lowest BCUT2D eigenvalue weighted by Gasteiger charge is -2.54. The van der Waals surface area contributed by atoms with Gasteiger partial charge < -0.3 is 0 Å². The fraction of sp³-hybridized carbons (Fsp3) is 0.705. The quantitative estimate of drug-likeness (QED) is 0.232. The molecule has 0 unspecified atom stereocenters. The van der Waals surface area contributed by atoms with E-state index >= 15 is 0 Å². The molecule has 5 aliphatic rings. The van der Waals surface area contributed by atoms with Crippen molar-refractivity contribution in [2.75, 3.05) is 0 Å². The van der Waals surface area contributed by atoms with Crippen LogP contribution in [-0.2, 0) is 0 Å². The summed E-state index contributed by atoms with van der Waals surface area (Å²) in [5, 5.41) is 0. The molecule has 0 N–H and O–H groups in total. The Hall–Kier alpha value is -2.34. The summed E-state index contributed by atoms with van der Waals surface area (Å²) < 4.78 is 0. The second kappa shape index (κ2) is 27.8. The van der Waals surface area contributed by atoms with Crippen molar-refractivity contribution in [2.45, 2.75) is 232 Å². The van der Waals surface area contributed by atoms with Crippen molar-refractivity contribution in [1.82, 2.24) is 0 Å². The number of aryl methyl sites for hydroxylation is 3. The molecule has 0 atom stereocenters. The fourth-order valence-corrected chi connectivity index (χ4v) is 9.88. The minimum Gasteiger partial charge on any atom is -0.0625 e. The molecule has 3 aromatic rings. The number of hydrogen-bond acceptors (Lipinski definition) is 0. The Kier molecular flexibility index (Phi) is 24.9. The van der Waals surface area contributed by atoms with Gasteiger partial charge in [-0.05, 0) is 153 Å². The second-order valence-corrected chi connectivity index (χ2v) is 22.9. The maximum absolute atomic E-state index is 2.50. The summed E-state index contributed by atoms with van der Waals surface area (Å²) in [7, 11) is 0. The topological polar surface area (TPSA) is 0 Å². The van der Waals surface area contributed by atoms with Gasteiger partial charge in [0.15, 0.2) is 0 Å². The minimum atomic E-state index is 0.653. The first kappa shape index (κ1) is 54.8. The SMILES string of the molecule is CC(C)C12CCC(C)(CC1)CC2.CC(C)C1CCCCC1.CC1CCC(C(C)C)CC1.Cc1ccc(C(C)C)cc1.Cc1ccc(C(C)C)cc1.Cc1ccc(C(C)C)cc1. The van der Waals surface area contributed by atoms with Gasteiger partial charge in [-0.15, -0.1) is 0 Å². The second-order valence-electron chi connectivity index (χ2n) is 22.9. The monoisotopic (exact) mass is 835 g/mol. The van der Waals surface area contributed by atoms with E-state index in [1.807, 2.05) is 0 Å². The van der Waals surface area contributed by atoms with Gasteiger partial charge in [0.2, 0.25) is 0 Å². The van der Waals surface area contributed by atoms with Crippen molar-refractivity contribution in [3.63, 3.8) is 0 Å². The zero-order valence-corrected chi connectivity index (χ0v) is 43.7. The van der Waals surface area contributed by atoms with E-state index in [0.29, 0.717) is 17.8 Å². The maximum atomic E-state index is 2.50. The first-order valence-corrected chi connectivity index (χ1v) is 25.9. The molecule has 0 spiro atoms. The number of benzene rings is 3. The molecular formula is C61H102. The Morgan fingerprint density at radius 2 is 0.689 bits per heavy atom. The molecule has 0 aliphatic heterocycles. The van der Waals surface area contributed by atoms with Crippen molar-refractivity contribution in [1.29, 1.82) is 0 Å². The lowest BCUT2D eigenvalue weighted by molar-refractivity contribution is -0.0282. The Labute approximate surface area is 382 Å². The highest BCUT2D eigenvalue weighted by Gasteiger charge is 2.47. The van der Waals surface area contributed by atoms with E-state index in [1.54, 1.807) is 0 Å².